The monoisotopic (exact) mass is 578 g/mol. The molecule has 4 aromatic rings. The van der Waals surface area contributed by atoms with Gasteiger partial charge in [0, 0.05) is 52.2 Å². The molecule has 0 spiro atoms. The Hall–Kier alpha value is -2.50. The van der Waals surface area contributed by atoms with E-state index in [1.165, 1.54) is 0 Å². The second-order valence-corrected chi connectivity index (χ2v) is 8.75. The van der Waals surface area contributed by atoms with Crippen molar-refractivity contribution in [3.8, 4) is 23.0 Å². The number of rotatable bonds is 2. The molecule has 1 aliphatic rings. The zero-order chi connectivity index (χ0) is 21.8. The van der Waals surface area contributed by atoms with Crippen LogP contribution in [0.15, 0.2) is 78.2 Å². The quantitative estimate of drug-likeness (QED) is 0.252. The molecule has 0 unspecified atom stereocenters. The molecule has 3 aromatic heterocycles. The van der Waals surface area contributed by atoms with E-state index in [0.717, 1.165) is 17.0 Å². The minimum Gasteiger partial charge on any atom is -1.00 e. The summed E-state index contributed by atoms with van der Waals surface area (Å²) in [6, 6.07) is 19.4. The number of benzene rings is 1. The molecule has 0 fully saturated rings. The molecule has 0 aliphatic carbocycles. The molecule has 1 aromatic carbocycles. The maximum Gasteiger partial charge on any atom is 0.252 e. The van der Waals surface area contributed by atoms with Crippen LogP contribution in [0.5, 0.6) is 0 Å². The Morgan fingerprint density at radius 2 is 1.66 bits per heavy atom. The summed E-state index contributed by atoms with van der Waals surface area (Å²) in [5.74, 6) is 1.26. The lowest BCUT2D eigenvalue weighted by molar-refractivity contribution is -0.670. The van der Waals surface area contributed by atoms with Crippen molar-refractivity contribution in [2.24, 2.45) is 5.10 Å². The van der Waals surface area contributed by atoms with Crippen LogP contribution in [-0.4, -0.2) is 42.3 Å². The first kappa shape index (κ1) is 24.1. The molecule has 1 aliphatic heterocycles. The molecule has 0 saturated carbocycles. The van der Waals surface area contributed by atoms with Crippen LogP contribution in [0.1, 0.15) is 5.56 Å². The first-order chi connectivity index (χ1) is 15.0. The van der Waals surface area contributed by atoms with Gasteiger partial charge >= 0.3 is 0 Å². The summed E-state index contributed by atoms with van der Waals surface area (Å²) in [5.41, 5.74) is 3.35. The van der Waals surface area contributed by atoms with Crippen LogP contribution in [-0.2, 0) is 17.3 Å². The van der Waals surface area contributed by atoms with Gasteiger partial charge in [0.2, 0.25) is 11.6 Å². The Kier molecular flexibility index (Phi) is 8.21. The van der Waals surface area contributed by atoms with E-state index in [1.807, 2.05) is 66.9 Å². The summed E-state index contributed by atoms with van der Waals surface area (Å²) < 4.78 is 13.4. The number of fused-ring (bicyclic) bond motifs is 3. The lowest BCUT2D eigenvalue weighted by Crippen LogP contribution is -3.00. The Bertz CT molecular complexity index is 1270. The summed E-state index contributed by atoms with van der Waals surface area (Å²) >= 11 is 6.45. The third kappa shape index (κ3) is 5.28. The number of pyridine rings is 2. The first-order valence-electron chi connectivity index (χ1n) is 9.48. The van der Waals surface area contributed by atoms with Gasteiger partial charge in [-0.1, -0.05) is 35.9 Å². The highest BCUT2D eigenvalue weighted by molar-refractivity contribution is 7.83. The van der Waals surface area contributed by atoms with Crippen LogP contribution in [0.2, 0.25) is 5.02 Å². The normalized spacial score (nSPS) is 11.8. The highest BCUT2D eigenvalue weighted by Gasteiger charge is 2.28. The molecule has 0 amide bonds. The number of nitrogens with zero attached hydrogens (tertiary/aromatic N) is 6. The standard InChI is InChI=1S/C20H14ClN6.C2H6OS.HI/c21-15-8-2-1-7-14(15)17-13-26-12-6-4-10-18(26)20-24-23-19(27(20)25-17)16-9-3-5-11-22-16;1-4(2)3;/h1-12H,13H2;1-2H3;1H/q+1;;/p-1. The fraction of sp³-hybridized carbons (Fsp3) is 0.136. The van der Waals surface area contributed by atoms with Crippen molar-refractivity contribution < 1.29 is 32.8 Å². The molecule has 0 atom stereocenters. The van der Waals surface area contributed by atoms with Gasteiger partial charge in [-0.3, -0.25) is 9.19 Å². The second kappa shape index (κ2) is 10.9. The van der Waals surface area contributed by atoms with Crippen molar-refractivity contribution in [1.82, 2.24) is 19.9 Å². The van der Waals surface area contributed by atoms with Gasteiger partial charge in [-0.05, 0) is 24.3 Å². The second-order valence-electron chi connectivity index (χ2n) is 6.86. The van der Waals surface area contributed by atoms with Gasteiger partial charge in [-0.15, -0.1) is 10.2 Å². The van der Waals surface area contributed by atoms with E-state index in [2.05, 4.69) is 19.7 Å². The van der Waals surface area contributed by atoms with Crippen molar-refractivity contribution in [3.05, 3.63) is 83.6 Å². The molecule has 32 heavy (non-hydrogen) atoms. The molecule has 4 heterocycles. The van der Waals surface area contributed by atoms with Crippen LogP contribution < -0.4 is 28.5 Å². The van der Waals surface area contributed by atoms with Gasteiger partial charge in [0.1, 0.15) is 11.4 Å². The Morgan fingerprint density at radius 1 is 0.969 bits per heavy atom. The van der Waals surface area contributed by atoms with Crippen molar-refractivity contribution in [3.63, 3.8) is 0 Å². The van der Waals surface area contributed by atoms with Gasteiger partial charge in [0.25, 0.3) is 5.69 Å². The lowest BCUT2D eigenvalue weighted by atomic mass is 10.1. The van der Waals surface area contributed by atoms with E-state index in [9.17, 15) is 4.21 Å². The largest absolute Gasteiger partial charge is 1.00 e. The Labute approximate surface area is 210 Å². The number of hydrogen-bond donors (Lipinski definition) is 0. The lowest BCUT2D eigenvalue weighted by Gasteiger charge is -2.05. The minimum absolute atomic E-state index is 0. The number of aromatic nitrogens is 5. The van der Waals surface area contributed by atoms with Crippen LogP contribution >= 0.6 is 11.6 Å². The van der Waals surface area contributed by atoms with Gasteiger partial charge in [0.05, 0.1) is 0 Å². The SMILES string of the molecule is CS(C)=O.Clc1ccccc1C1=Nn2c(-c3ccccn3)nnc2-c2cccc[n+]2C1.[I-]. The molecule has 0 N–H and O–H groups in total. The molecular weight excluding hydrogens is 559 g/mol. The molecule has 164 valence electrons. The summed E-state index contributed by atoms with van der Waals surface area (Å²) in [6.45, 7) is 0.574. The number of hydrogen-bond acceptors (Lipinski definition) is 5. The molecule has 0 saturated heterocycles. The molecule has 0 bridgehead atoms. The van der Waals surface area contributed by atoms with E-state index in [0.29, 0.717) is 28.9 Å². The summed E-state index contributed by atoms with van der Waals surface area (Å²) in [5, 5.41) is 14.3. The summed E-state index contributed by atoms with van der Waals surface area (Å²) in [4.78, 5) is 4.41. The van der Waals surface area contributed by atoms with E-state index in [1.54, 1.807) is 23.4 Å². The van der Waals surface area contributed by atoms with Crippen molar-refractivity contribution in [2.45, 2.75) is 6.54 Å². The van der Waals surface area contributed by atoms with Crippen molar-refractivity contribution in [2.75, 3.05) is 12.5 Å². The van der Waals surface area contributed by atoms with Gasteiger partial charge in [0.15, 0.2) is 12.7 Å². The fourth-order valence-electron chi connectivity index (χ4n) is 3.15. The average Bonchev–Trinajstić information content (AvgIpc) is 3.10. The summed E-state index contributed by atoms with van der Waals surface area (Å²) in [6.07, 6.45) is 7.02. The van der Waals surface area contributed by atoms with Crippen molar-refractivity contribution in [1.29, 1.82) is 0 Å². The predicted molar refractivity (Wildman–Crippen MR) is 122 cm³/mol. The maximum absolute atomic E-state index is 9.56. The third-order valence-electron chi connectivity index (χ3n) is 4.43. The topological polar surface area (TPSA) is 76.9 Å². The molecule has 0 radical (unpaired) electrons. The van der Waals surface area contributed by atoms with Crippen molar-refractivity contribution >= 4 is 28.1 Å². The van der Waals surface area contributed by atoms with E-state index in [-0.39, 0.29) is 24.0 Å². The van der Waals surface area contributed by atoms with Crippen LogP contribution in [0.25, 0.3) is 23.0 Å². The first-order valence-corrected chi connectivity index (χ1v) is 11.8. The van der Waals surface area contributed by atoms with E-state index >= 15 is 0 Å². The Morgan fingerprint density at radius 3 is 2.38 bits per heavy atom. The molecule has 5 rings (SSSR count). The fourth-order valence-corrected chi connectivity index (χ4v) is 3.40. The smallest absolute Gasteiger partial charge is 0.252 e. The highest BCUT2D eigenvalue weighted by Crippen LogP contribution is 2.25. The number of halogens is 2. The highest BCUT2D eigenvalue weighted by atomic mass is 127. The zero-order valence-electron chi connectivity index (χ0n) is 17.4. The third-order valence-corrected chi connectivity index (χ3v) is 4.76. The van der Waals surface area contributed by atoms with Gasteiger partial charge < -0.3 is 24.0 Å². The summed E-state index contributed by atoms with van der Waals surface area (Å²) in [7, 11) is -0.611. The molecule has 10 heteroatoms. The van der Waals surface area contributed by atoms with E-state index < -0.39 is 10.8 Å². The molecule has 7 nitrogen and oxygen atoms in total. The predicted octanol–water partition coefficient (Wildman–Crippen LogP) is 0.213. The van der Waals surface area contributed by atoms with E-state index in [4.69, 9.17) is 16.7 Å². The zero-order valence-corrected chi connectivity index (χ0v) is 21.1. The van der Waals surface area contributed by atoms with Crippen LogP contribution in [0.4, 0.5) is 0 Å². The maximum atomic E-state index is 9.56. The minimum atomic E-state index is -0.611. The van der Waals surface area contributed by atoms with Crippen LogP contribution in [0, 0.1) is 0 Å². The average molecular weight is 579 g/mol. The van der Waals surface area contributed by atoms with Gasteiger partial charge in [-0.25, -0.2) is 0 Å². The molecular formula is C22H20ClIN6OS. The van der Waals surface area contributed by atoms with Crippen LogP contribution in [0.3, 0.4) is 0 Å². The Balaban J connectivity index is 0.000000536. The van der Waals surface area contributed by atoms with Gasteiger partial charge in [-0.2, -0.15) is 14.3 Å².